The van der Waals surface area contributed by atoms with Crippen molar-refractivity contribution in [3.05, 3.63) is 29.3 Å². The molecule has 1 spiro atoms. The molecular formula is C15H16N4OS. The van der Waals surface area contributed by atoms with Crippen molar-refractivity contribution in [2.24, 2.45) is 11.1 Å². The summed E-state index contributed by atoms with van der Waals surface area (Å²) in [6.45, 7) is 3.32. The summed E-state index contributed by atoms with van der Waals surface area (Å²) in [5, 5.41) is 7.92. The van der Waals surface area contributed by atoms with Gasteiger partial charge in [-0.1, -0.05) is 5.16 Å². The van der Waals surface area contributed by atoms with Gasteiger partial charge in [-0.3, -0.25) is 4.90 Å². The molecule has 0 aliphatic carbocycles. The van der Waals surface area contributed by atoms with E-state index in [1.54, 1.807) is 11.3 Å². The van der Waals surface area contributed by atoms with Gasteiger partial charge in [0.05, 0.1) is 22.3 Å². The number of piperidine rings is 3. The van der Waals surface area contributed by atoms with E-state index in [0.717, 1.165) is 23.5 Å². The molecule has 0 unspecified atom stereocenters. The molecule has 108 valence electrons. The van der Waals surface area contributed by atoms with Gasteiger partial charge in [0.15, 0.2) is 5.84 Å². The van der Waals surface area contributed by atoms with Gasteiger partial charge in [0, 0.05) is 11.5 Å². The van der Waals surface area contributed by atoms with Gasteiger partial charge in [0.25, 0.3) is 0 Å². The van der Waals surface area contributed by atoms with Crippen LogP contribution in [0.3, 0.4) is 0 Å². The summed E-state index contributed by atoms with van der Waals surface area (Å²) < 4.78 is 1.20. The molecule has 6 rings (SSSR count). The van der Waals surface area contributed by atoms with Gasteiger partial charge in [-0.05, 0) is 44.1 Å². The Balaban J connectivity index is 1.46. The number of rotatable bonds is 1. The lowest BCUT2D eigenvalue weighted by molar-refractivity contribution is -0.148. The number of aromatic nitrogens is 1. The van der Waals surface area contributed by atoms with Gasteiger partial charge in [-0.2, -0.15) is 0 Å². The molecule has 21 heavy (non-hydrogen) atoms. The number of benzene rings is 1. The molecule has 4 aliphatic heterocycles. The van der Waals surface area contributed by atoms with E-state index in [-0.39, 0.29) is 5.72 Å². The number of fused-ring (bicyclic) bond motifs is 3. The third-order valence-corrected chi connectivity index (χ3v) is 5.75. The van der Waals surface area contributed by atoms with Gasteiger partial charge < -0.3 is 10.2 Å². The smallest absolute Gasteiger partial charge is 0.224 e. The van der Waals surface area contributed by atoms with Crippen LogP contribution in [0.1, 0.15) is 18.4 Å². The fraction of sp³-hybridized carbons (Fsp3) is 0.467. The number of nitrogens with one attached hydrogen (secondary N) is 1. The highest BCUT2D eigenvalue weighted by Gasteiger charge is 2.52. The Bertz CT molecular complexity index is 734. The van der Waals surface area contributed by atoms with Gasteiger partial charge in [0.1, 0.15) is 0 Å². The van der Waals surface area contributed by atoms with Crippen LogP contribution in [0.5, 0.6) is 0 Å². The van der Waals surface area contributed by atoms with Crippen LogP contribution in [0.4, 0.5) is 0 Å². The fourth-order valence-corrected chi connectivity index (χ4v) is 4.43. The van der Waals surface area contributed by atoms with Crippen LogP contribution in [0.25, 0.3) is 10.2 Å². The van der Waals surface area contributed by atoms with E-state index in [9.17, 15) is 0 Å². The highest BCUT2D eigenvalue weighted by Crippen LogP contribution is 2.39. The van der Waals surface area contributed by atoms with Crippen molar-refractivity contribution in [2.75, 3.05) is 19.6 Å². The second-order valence-corrected chi connectivity index (χ2v) is 7.02. The predicted molar refractivity (Wildman–Crippen MR) is 82.3 cm³/mol. The monoisotopic (exact) mass is 300 g/mol. The zero-order chi connectivity index (χ0) is 13.9. The van der Waals surface area contributed by atoms with Crippen LogP contribution in [-0.4, -0.2) is 41.1 Å². The van der Waals surface area contributed by atoms with E-state index in [4.69, 9.17) is 4.84 Å². The predicted octanol–water partition coefficient (Wildman–Crippen LogP) is 2.00. The van der Waals surface area contributed by atoms with E-state index in [0.29, 0.717) is 5.92 Å². The van der Waals surface area contributed by atoms with Crippen LogP contribution in [0, 0.1) is 5.92 Å². The maximum absolute atomic E-state index is 5.89. The molecule has 1 atom stereocenters. The second-order valence-electron chi connectivity index (χ2n) is 6.13. The standard InChI is InChI=1S/C15H16N4OS/c1-2-13-12(16-9-21-13)7-10(1)14-17-15(20-18-14)8-19-5-3-11(15)4-6-19/h1-2,7,9,11H,3-6,8H2,(H,17,18)/t15-/m0/s1. The molecule has 1 aromatic carbocycles. The Morgan fingerprint density at radius 1 is 1.33 bits per heavy atom. The molecular weight excluding hydrogens is 284 g/mol. The molecule has 0 saturated carbocycles. The third kappa shape index (κ3) is 1.72. The number of oxime groups is 1. The highest BCUT2D eigenvalue weighted by atomic mass is 32.1. The van der Waals surface area contributed by atoms with Crippen LogP contribution in [0.2, 0.25) is 0 Å². The Hall–Kier alpha value is -1.66. The first-order valence-electron chi connectivity index (χ1n) is 7.43. The third-order valence-electron chi connectivity index (χ3n) is 4.94. The zero-order valence-corrected chi connectivity index (χ0v) is 12.4. The van der Waals surface area contributed by atoms with Crippen LogP contribution >= 0.6 is 11.3 Å². The minimum atomic E-state index is -0.303. The fourth-order valence-electron chi connectivity index (χ4n) is 3.77. The lowest BCUT2D eigenvalue weighted by Gasteiger charge is -2.49. The summed E-state index contributed by atoms with van der Waals surface area (Å²) in [7, 11) is 0. The molecule has 4 aliphatic rings. The van der Waals surface area contributed by atoms with E-state index in [1.165, 1.54) is 30.6 Å². The first kappa shape index (κ1) is 11.9. The van der Waals surface area contributed by atoms with Gasteiger partial charge in [0.2, 0.25) is 5.72 Å². The second kappa shape index (κ2) is 4.18. The summed E-state index contributed by atoms with van der Waals surface area (Å²) in [4.78, 5) is 12.7. The van der Waals surface area contributed by atoms with E-state index < -0.39 is 0 Å². The number of hydrogen-bond donors (Lipinski definition) is 1. The highest BCUT2D eigenvalue weighted by molar-refractivity contribution is 7.16. The van der Waals surface area contributed by atoms with Crippen molar-refractivity contribution < 1.29 is 4.84 Å². The number of amidine groups is 1. The molecule has 0 amide bonds. The number of hydrogen-bond acceptors (Lipinski definition) is 6. The molecule has 3 saturated heterocycles. The molecule has 6 heteroatoms. The van der Waals surface area contributed by atoms with Crippen molar-refractivity contribution in [3.63, 3.8) is 0 Å². The van der Waals surface area contributed by atoms with Crippen molar-refractivity contribution in [3.8, 4) is 0 Å². The Morgan fingerprint density at radius 2 is 2.24 bits per heavy atom. The summed E-state index contributed by atoms with van der Waals surface area (Å²) in [5.74, 6) is 1.41. The SMILES string of the molecule is c1nc2cc(C3=NO[C@]4(CN5CCC4CC5)N3)ccc2s1. The lowest BCUT2D eigenvalue weighted by atomic mass is 9.81. The largest absolute Gasteiger partial charge is 0.364 e. The molecule has 2 aromatic rings. The number of nitrogens with zero attached hydrogens (tertiary/aromatic N) is 3. The van der Waals surface area contributed by atoms with Crippen LogP contribution in [0.15, 0.2) is 28.9 Å². The topological polar surface area (TPSA) is 49.8 Å². The maximum atomic E-state index is 5.89. The molecule has 1 aromatic heterocycles. The zero-order valence-electron chi connectivity index (χ0n) is 11.6. The quantitative estimate of drug-likeness (QED) is 0.875. The normalized spacial score (nSPS) is 34.0. The Labute approximate surface area is 126 Å². The van der Waals surface area contributed by atoms with E-state index in [1.807, 2.05) is 5.51 Å². The minimum absolute atomic E-state index is 0.303. The average molecular weight is 300 g/mol. The van der Waals surface area contributed by atoms with Gasteiger partial charge >= 0.3 is 0 Å². The first-order valence-corrected chi connectivity index (χ1v) is 8.31. The van der Waals surface area contributed by atoms with Crippen LogP contribution < -0.4 is 5.32 Å². The Kier molecular flexibility index (Phi) is 2.37. The molecule has 3 fully saturated rings. The van der Waals surface area contributed by atoms with Crippen molar-refractivity contribution in [2.45, 2.75) is 18.6 Å². The molecule has 5 nitrogen and oxygen atoms in total. The van der Waals surface area contributed by atoms with Crippen molar-refractivity contribution >= 4 is 27.4 Å². The van der Waals surface area contributed by atoms with Crippen LogP contribution in [-0.2, 0) is 4.84 Å². The lowest BCUT2D eigenvalue weighted by Crippen LogP contribution is -2.65. The van der Waals surface area contributed by atoms with Gasteiger partial charge in [-0.25, -0.2) is 4.98 Å². The molecule has 2 bridgehead atoms. The average Bonchev–Trinajstić information content (AvgIpc) is 3.15. The summed E-state index contributed by atoms with van der Waals surface area (Å²) >= 11 is 1.66. The van der Waals surface area contributed by atoms with E-state index >= 15 is 0 Å². The number of thiazole rings is 1. The molecule has 0 radical (unpaired) electrons. The molecule has 1 N–H and O–H groups in total. The summed E-state index contributed by atoms with van der Waals surface area (Å²) in [5.41, 5.74) is 3.66. The maximum Gasteiger partial charge on any atom is 0.224 e. The van der Waals surface area contributed by atoms with Gasteiger partial charge in [-0.15, -0.1) is 11.3 Å². The summed E-state index contributed by atoms with van der Waals surface area (Å²) in [6.07, 6.45) is 2.39. The van der Waals surface area contributed by atoms with E-state index in [2.05, 4.69) is 38.6 Å². The van der Waals surface area contributed by atoms with Crippen molar-refractivity contribution in [1.82, 2.24) is 15.2 Å². The molecule has 5 heterocycles. The Morgan fingerprint density at radius 3 is 3.05 bits per heavy atom. The first-order chi connectivity index (χ1) is 10.3. The summed E-state index contributed by atoms with van der Waals surface area (Å²) in [6, 6.07) is 6.28. The minimum Gasteiger partial charge on any atom is -0.364 e. The van der Waals surface area contributed by atoms with Crippen molar-refractivity contribution in [1.29, 1.82) is 0 Å².